The van der Waals surface area contributed by atoms with E-state index in [1.54, 1.807) is 12.4 Å². The molecule has 114 valence electrons. The average molecular weight is 289 g/mol. The van der Waals surface area contributed by atoms with Crippen LogP contribution in [0.3, 0.4) is 0 Å². The van der Waals surface area contributed by atoms with Crippen LogP contribution >= 0.6 is 0 Å². The number of carbonyl (C=O) groups is 1. The summed E-state index contributed by atoms with van der Waals surface area (Å²) in [4.78, 5) is 21.9. The molecule has 0 aromatic carbocycles. The van der Waals surface area contributed by atoms with Crippen LogP contribution in [0, 0.1) is 0 Å². The maximum Gasteiger partial charge on any atom is 0.278 e. The lowest BCUT2D eigenvalue weighted by molar-refractivity contribution is -0.127. The molecule has 1 aliphatic heterocycles. The van der Waals surface area contributed by atoms with Crippen LogP contribution in [-0.2, 0) is 4.79 Å². The fourth-order valence-corrected chi connectivity index (χ4v) is 2.56. The molecule has 0 saturated heterocycles. The van der Waals surface area contributed by atoms with Crippen LogP contribution in [0.1, 0.15) is 45.1 Å². The Bertz CT molecular complexity index is 502. The lowest BCUT2D eigenvalue weighted by Gasteiger charge is -2.36. The summed E-state index contributed by atoms with van der Waals surface area (Å²) >= 11 is 0. The zero-order valence-corrected chi connectivity index (χ0v) is 12.7. The first-order valence-electron chi connectivity index (χ1n) is 7.61. The van der Waals surface area contributed by atoms with Gasteiger partial charge in [-0.15, -0.1) is 0 Å². The maximum absolute atomic E-state index is 11.7. The number of aliphatic hydroxyl groups excluding tert-OH is 1. The molecule has 1 aromatic rings. The van der Waals surface area contributed by atoms with Crippen molar-refractivity contribution in [2.75, 3.05) is 6.54 Å². The Hall–Kier alpha value is -1.75. The van der Waals surface area contributed by atoms with Crippen LogP contribution in [-0.4, -0.2) is 45.4 Å². The van der Waals surface area contributed by atoms with Gasteiger partial charge in [0.2, 0.25) is 0 Å². The monoisotopic (exact) mass is 289 g/mol. The fourth-order valence-electron chi connectivity index (χ4n) is 2.56. The molecule has 2 unspecified atom stereocenters. The van der Waals surface area contributed by atoms with E-state index < -0.39 is 12.0 Å². The van der Waals surface area contributed by atoms with Gasteiger partial charge in [-0.1, -0.05) is 26.2 Å². The Labute approximate surface area is 125 Å². The molecule has 1 N–H and O–H groups in total. The zero-order valence-electron chi connectivity index (χ0n) is 12.7. The molecule has 5 nitrogen and oxygen atoms in total. The van der Waals surface area contributed by atoms with Gasteiger partial charge >= 0.3 is 0 Å². The van der Waals surface area contributed by atoms with Gasteiger partial charge in [0.15, 0.2) is 6.10 Å². The van der Waals surface area contributed by atoms with E-state index in [1.807, 2.05) is 17.0 Å². The smallest absolute Gasteiger partial charge is 0.278 e. The average Bonchev–Trinajstić information content (AvgIpc) is 2.50. The van der Waals surface area contributed by atoms with Crippen molar-refractivity contribution < 1.29 is 9.90 Å². The summed E-state index contributed by atoms with van der Waals surface area (Å²) < 4.78 is 0. The first-order chi connectivity index (χ1) is 10.1. The number of amidine groups is 1. The number of aliphatic imine (C=N–C) groups is 1. The Morgan fingerprint density at radius 3 is 2.76 bits per heavy atom. The summed E-state index contributed by atoms with van der Waals surface area (Å²) in [7, 11) is 0. The first-order valence-corrected chi connectivity index (χ1v) is 7.61. The fraction of sp³-hybridized carbons (Fsp3) is 0.562. The second kappa shape index (κ2) is 7.31. The third kappa shape index (κ3) is 3.88. The second-order valence-corrected chi connectivity index (χ2v) is 5.52. The highest BCUT2D eigenvalue weighted by Gasteiger charge is 2.30. The predicted molar refractivity (Wildman–Crippen MR) is 82.1 cm³/mol. The molecule has 2 rings (SSSR count). The zero-order chi connectivity index (χ0) is 15.2. The van der Waals surface area contributed by atoms with E-state index in [-0.39, 0.29) is 6.04 Å². The van der Waals surface area contributed by atoms with Crippen molar-refractivity contribution in [3.63, 3.8) is 0 Å². The summed E-state index contributed by atoms with van der Waals surface area (Å²) in [5.41, 5.74) is 0.868. The van der Waals surface area contributed by atoms with Crippen molar-refractivity contribution in [3.8, 4) is 0 Å². The Morgan fingerprint density at radius 2 is 2.10 bits per heavy atom. The van der Waals surface area contributed by atoms with Crippen molar-refractivity contribution >= 4 is 11.7 Å². The lowest BCUT2D eigenvalue weighted by Crippen LogP contribution is -2.49. The van der Waals surface area contributed by atoms with E-state index in [2.05, 4.69) is 23.8 Å². The summed E-state index contributed by atoms with van der Waals surface area (Å²) in [5, 5.41) is 9.82. The topological polar surface area (TPSA) is 65.8 Å². The van der Waals surface area contributed by atoms with Crippen LogP contribution in [0.2, 0.25) is 0 Å². The maximum atomic E-state index is 11.7. The SMILES string of the molecule is CCCCCC(C)N1CC(O)C(=O)N=C1c1ccncc1. The Balaban J connectivity index is 2.20. The largest absolute Gasteiger partial charge is 0.381 e. The van der Waals surface area contributed by atoms with Crippen molar-refractivity contribution in [1.29, 1.82) is 0 Å². The number of carbonyl (C=O) groups excluding carboxylic acids is 1. The highest BCUT2D eigenvalue weighted by Crippen LogP contribution is 2.18. The summed E-state index contributed by atoms with van der Waals surface area (Å²) in [5.74, 6) is 0.190. The van der Waals surface area contributed by atoms with Crippen LogP contribution in [0.25, 0.3) is 0 Å². The summed E-state index contributed by atoms with van der Waals surface area (Å²) in [6.45, 7) is 4.61. The molecule has 0 saturated carbocycles. The molecule has 2 atom stereocenters. The van der Waals surface area contributed by atoms with E-state index in [9.17, 15) is 9.90 Å². The van der Waals surface area contributed by atoms with E-state index in [1.165, 1.54) is 12.8 Å². The van der Waals surface area contributed by atoms with E-state index >= 15 is 0 Å². The third-order valence-electron chi connectivity index (χ3n) is 3.84. The number of unbranched alkanes of at least 4 members (excludes halogenated alkanes) is 2. The van der Waals surface area contributed by atoms with E-state index in [4.69, 9.17) is 0 Å². The highest BCUT2D eigenvalue weighted by molar-refractivity contribution is 6.07. The first kappa shape index (κ1) is 15.6. The van der Waals surface area contributed by atoms with Gasteiger partial charge < -0.3 is 10.0 Å². The molecule has 1 aliphatic rings. The lowest BCUT2D eigenvalue weighted by atomic mass is 10.0. The number of amides is 1. The number of hydrogen-bond donors (Lipinski definition) is 1. The normalized spacial score (nSPS) is 20.3. The predicted octanol–water partition coefficient (Wildman–Crippen LogP) is 2.00. The molecule has 1 amide bonds. The van der Waals surface area contributed by atoms with Crippen LogP contribution in [0.5, 0.6) is 0 Å². The van der Waals surface area contributed by atoms with Crippen molar-refractivity contribution in [2.24, 2.45) is 4.99 Å². The Morgan fingerprint density at radius 1 is 1.38 bits per heavy atom. The van der Waals surface area contributed by atoms with E-state index in [0.717, 1.165) is 18.4 Å². The quantitative estimate of drug-likeness (QED) is 0.813. The number of nitrogens with zero attached hydrogens (tertiary/aromatic N) is 3. The molecule has 0 spiro atoms. The van der Waals surface area contributed by atoms with Crippen LogP contribution in [0.15, 0.2) is 29.5 Å². The molecule has 21 heavy (non-hydrogen) atoms. The number of aliphatic hydroxyl groups is 1. The van der Waals surface area contributed by atoms with Gasteiger partial charge in [-0.25, -0.2) is 0 Å². The molecular weight excluding hydrogens is 266 g/mol. The minimum atomic E-state index is -1.02. The van der Waals surface area contributed by atoms with Crippen LogP contribution < -0.4 is 0 Å². The van der Waals surface area contributed by atoms with Crippen molar-refractivity contribution in [3.05, 3.63) is 30.1 Å². The standard InChI is InChI=1S/C16H23N3O2/c1-3-4-5-6-12(2)19-11-14(20)16(21)18-15(19)13-7-9-17-10-8-13/h7-10,12,14,20H,3-6,11H2,1-2H3. The van der Waals surface area contributed by atoms with Gasteiger partial charge in [0.1, 0.15) is 5.84 Å². The molecule has 0 fully saturated rings. The number of β-amino-alcohol motifs (C(OH)–C–C–N with tert-alkyl or cyclic N) is 1. The Kier molecular flexibility index (Phi) is 5.44. The van der Waals surface area contributed by atoms with Gasteiger partial charge in [0.25, 0.3) is 5.91 Å². The van der Waals surface area contributed by atoms with Gasteiger partial charge in [-0.2, -0.15) is 4.99 Å². The number of hydrogen-bond acceptors (Lipinski definition) is 4. The van der Waals surface area contributed by atoms with Crippen LogP contribution in [0.4, 0.5) is 0 Å². The number of pyridine rings is 1. The van der Waals surface area contributed by atoms with Gasteiger partial charge in [-0.3, -0.25) is 9.78 Å². The second-order valence-electron chi connectivity index (χ2n) is 5.52. The number of rotatable bonds is 6. The summed E-state index contributed by atoms with van der Waals surface area (Å²) in [6.07, 6.45) is 6.89. The van der Waals surface area contributed by atoms with Crippen molar-refractivity contribution in [2.45, 2.75) is 51.7 Å². The van der Waals surface area contributed by atoms with Gasteiger partial charge in [0, 0.05) is 24.0 Å². The molecule has 0 bridgehead atoms. The van der Waals surface area contributed by atoms with Gasteiger partial charge in [-0.05, 0) is 25.5 Å². The molecule has 2 heterocycles. The summed E-state index contributed by atoms with van der Waals surface area (Å²) in [6, 6.07) is 3.93. The highest BCUT2D eigenvalue weighted by atomic mass is 16.3. The van der Waals surface area contributed by atoms with E-state index in [0.29, 0.717) is 12.4 Å². The molecular formula is C16H23N3O2. The van der Waals surface area contributed by atoms with Gasteiger partial charge in [0.05, 0.1) is 6.54 Å². The molecule has 1 aromatic heterocycles. The molecule has 0 radical (unpaired) electrons. The van der Waals surface area contributed by atoms with Crippen molar-refractivity contribution in [1.82, 2.24) is 9.88 Å². The molecule has 5 heteroatoms. The minimum Gasteiger partial charge on any atom is -0.381 e. The molecule has 0 aliphatic carbocycles. The third-order valence-corrected chi connectivity index (χ3v) is 3.84. The number of aromatic nitrogens is 1. The minimum absolute atomic E-state index is 0.242.